The molecule has 4 nitrogen and oxygen atoms in total. The van der Waals surface area contributed by atoms with Crippen LogP contribution in [0.1, 0.15) is 11.4 Å². The molecular weight excluding hydrogens is 328 g/mol. The third kappa shape index (κ3) is 2.13. The van der Waals surface area contributed by atoms with Gasteiger partial charge >= 0.3 is 0 Å². The normalized spacial score (nSPS) is 11.2. The Morgan fingerprint density at radius 1 is 1.21 bits per heavy atom. The lowest BCUT2D eigenvalue weighted by molar-refractivity contribution is 0.863. The first-order chi connectivity index (χ1) is 9.06. The Labute approximate surface area is 123 Å². The van der Waals surface area contributed by atoms with Gasteiger partial charge in [0, 0.05) is 5.56 Å². The predicted octanol–water partition coefficient (Wildman–Crippen LogP) is 3.82. The van der Waals surface area contributed by atoms with Crippen LogP contribution in [0.3, 0.4) is 0 Å². The van der Waals surface area contributed by atoms with E-state index in [0.29, 0.717) is 26.9 Å². The third-order valence-corrected chi connectivity index (χ3v) is 4.06. The number of hydrogen-bond acceptors (Lipinski definition) is 3. The van der Waals surface area contributed by atoms with E-state index in [1.165, 1.54) is 5.56 Å². The molecule has 19 heavy (non-hydrogen) atoms. The van der Waals surface area contributed by atoms with Crippen LogP contribution >= 0.6 is 27.5 Å². The fourth-order valence-corrected chi connectivity index (χ4v) is 2.47. The van der Waals surface area contributed by atoms with Crippen molar-refractivity contribution >= 4 is 33.2 Å². The fraction of sp³-hybridized carbons (Fsp3) is 0.154. The molecule has 0 fully saturated rings. The summed E-state index contributed by atoms with van der Waals surface area (Å²) in [4.78, 5) is 8.73. The molecule has 0 bridgehead atoms. The Kier molecular flexibility index (Phi) is 3.03. The van der Waals surface area contributed by atoms with E-state index in [0.717, 1.165) is 5.56 Å². The first-order valence-electron chi connectivity index (χ1n) is 5.71. The number of halogens is 2. The summed E-state index contributed by atoms with van der Waals surface area (Å²) >= 11 is 9.43. The van der Waals surface area contributed by atoms with Crippen LogP contribution in [0.2, 0.25) is 5.15 Å². The van der Waals surface area contributed by atoms with Crippen molar-refractivity contribution in [1.29, 1.82) is 0 Å². The molecule has 6 heteroatoms. The van der Waals surface area contributed by atoms with Crippen LogP contribution in [0, 0.1) is 13.8 Å². The zero-order valence-corrected chi connectivity index (χ0v) is 12.7. The predicted molar refractivity (Wildman–Crippen MR) is 78.4 cm³/mol. The first-order valence-corrected chi connectivity index (χ1v) is 6.89. The SMILES string of the molecule is Cc1cccc(-c2nc3c(Br)c(Cl)nc(C)n3n2)c1. The van der Waals surface area contributed by atoms with E-state index in [2.05, 4.69) is 31.0 Å². The van der Waals surface area contributed by atoms with Gasteiger partial charge in [-0.15, -0.1) is 5.10 Å². The third-order valence-electron chi connectivity index (χ3n) is 2.83. The van der Waals surface area contributed by atoms with Crippen molar-refractivity contribution in [2.24, 2.45) is 0 Å². The van der Waals surface area contributed by atoms with E-state index >= 15 is 0 Å². The van der Waals surface area contributed by atoms with E-state index in [-0.39, 0.29) is 0 Å². The minimum absolute atomic E-state index is 0.396. The molecule has 0 saturated heterocycles. The molecule has 0 aliphatic heterocycles. The molecule has 2 heterocycles. The van der Waals surface area contributed by atoms with Crippen LogP contribution in [0.15, 0.2) is 28.7 Å². The first kappa shape index (κ1) is 12.6. The Morgan fingerprint density at radius 3 is 2.74 bits per heavy atom. The maximum Gasteiger partial charge on any atom is 0.182 e. The second-order valence-corrected chi connectivity index (χ2v) is 5.46. The molecule has 0 atom stereocenters. The lowest BCUT2D eigenvalue weighted by Gasteiger charge is -1.99. The molecule has 0 N–H and O–H groups in total. The Bertz CT molecular complexity index is 782. The highest BCUT2D eigenvalue weighted by atomic mass is 79.9. The van der Waals surface area contributed by atoms with Gasteiger partial charge in [-0.3, -0.25) is 0 Å². The number of rotatable bonds is 1. The fourth-order valence-electron chi connectivity index (χ4n) is 1.92. The number of aromatic nitrogens is 4. The van der Waals surface area contributed by atoms with E-state index < -0.39 is 0 Å². The van der Waals surface area contributed by atoms with E-state index in [9.17, 15) is 0 Å². The number of fused-ring (bicyclic) bond motifs is 1. The van der Waals surface area contributed by atoms with Crippen molar-refractivity contribution in [1.82, 2.24) is 19.6 Å². The number of aryl methyl sites for hydroxylation is 2. The second-order valence-electron chi connectivity index (χ2n) is 4.30. The zero-order valence-electron chi connectivity index (χ0n) is 10.4. The summed E-state index contributed by atoms with van der Waals surface area (Å²) < 4.78 is 2.35. The van der Waals surface area contributed by atoms with Crippen molar-refractivity contribution in [3.8, 4) is 11.4 Å². The van der Waals surface area contributed by atoms with Crippen molar-refractivity contribution in [2.75, 3.05) is 0 Å². The average Bonchev–Trinajstić information content (AvgIpc) is 2.82. The second kappa shape index (κ2) is 4.58. The standard InChI is InChI=1S/C13H10BrClN4/c1-7-4-3-5-9(6-7)12-17-13-10(14)11(15)16-8(2)19(13)18-12/h3-6H,1-2H3. The molecular formula is C13H10BrClN4. The van der Waals surface area contributed by atoms with E-state index in [4.69, 9.17) is 11.6 Å². The molecule has 1 aromatic carbocycles. The minimum atomic E-state index is 0.396. The van der Waals surface area contributed by atoms with Crippen molar-refractivity contribution < 1.29 is 0 Å². The van der Waals surface area contributed by atoms with Gasteiger partial charge in [0.2, 0.25) is 0 Å². The number of benzene rings is 1. The minimum Gasteiger partial charge on any atom is -0.220 e. The van der Waals surface area contributed by atoms with E-state index in [1.807, 2.05) is 38.1 Å². The van der Waals surface area contributed by atoms with Crippen LogP contribution in [0.25, 0.3) is 17.0 Å². The number of hydrogen-bond donors (Lipinski definition) is 0. The van der Waals surface area contributed by atoms with Gasteiger partial charge in [-0.05, 0) is 35.8 Å². The lowest BCUT2D eigenvalue weighted by atomic mass is 10.1. The Hall–Kier alpha value is -1.46. The molecule has 3 rings (SSSR count). The molecule has 0 spiro atoms. The van der Waals surface area contributed by atoms with Crippen LogP contribution in [-0.2, 0) is 0 Å². The maximum absolute atomic E-state index is 6.03. The van der Waals surface area contributed by atoms with Gasteiger partial charge in [0.25, 0.3) is 0 Å². The van der Waals surface area contributed by atoms with Gasteiger partial charge in [-0.1, -0.05) is 35.4 Å². The Balaban J connectivity index is 2.28. The van der Waals surface area contributed by atoms with Crippen molar-refractivity contribution in [2.45, 2.75) is 13.8 Å². The van der Waals surface area contributed by atoms with Gasteiger partial charge in [-0.2, -0.15) is 4.52 Å². The summed E-state index contributed by atoms with van der Waals surface area (Å²) in [5.41, 5.74) is 2.82. The summed E-state index contributed by atoms with van der Waals surface area (Å²) in [7, 11) is 0. The van der Waals surface area contributed by atoms with Gasteiger partial charge in [0.15, 0.2) is 11.5 Å². The highest BCUT2D eigenvalue weighted by Gasteiger charge is 2.14. The number of nitrogens with zero attached hydrogens (tertiary/aromatic N) is 4. The van der Waals surface area contributed by atoms with Crippen molar-refractivity contribution in [3.05, 3.63) is 45.3 Å². The lowest BCUT2D eigenvalue weighted by Crippen LogP contribution is -1.98. The zero-order chi connectivity index (χ0) is 13.6. The molecule has 0 amide bonds. The molecule has 0 aliphatic carbocycles. The van der Waals surface area contributed by atoms with Crippen LogP contribution in [0.4, 0.5) is 0 Å². The van der Waals surface area contributed by atoms with Gasteiger partial charge in [0.05, 0.1) is 4.47 Å². The summed E-state index contributed by atoms with van der Waals surface area (Å²) in [5, 5.41) is 4.88. The van der Waals surface area contributed by atoms with Crippen LogP contribution in [0.5, 0.6) is 0 Å². The maximum atomic E-state index is 6.03. The summed E-state index contributed by atoms with van der Waals surface area (Å²) in [5.74, 6) is 1.37. The summed E-state index contributed by atoms with van der Waals surface area (Å²) in [6.45, 7) is 3.89. The van der Waals surface area contributed by atoms with Gasteiger partial charge < -0.3 is 0 Å². The average molecular weight is 338 g/mol. The van der Waals surface area contributed by atoms with Crippen LogP contribution in [-0.4, -0.2) is 19.6 Å². The van der Waals surface area contributed by atoms with Gasteiger partial charge in [-0.25, -0.2) is 9.97 Å². The quantitative estimate of drug-likeness (QED) is 0.634. The molecule has 2 aromatic heterocycles. The van der Waals surface area contributed by atoms with Gasteiger partial charge in [0.1, 0.15) is 11.0 Å². The largest absolute Gasteiger partial charge is 0.220 e. The smallest absolute Gasteiger partial charge is 0.182 e. The van der Waals surface area contributed by atoms with Crippen molar-refractivity contribution in [3.63, 3.8) is 0 Å². The molecule has 0 radical (unpaired) electrons. The monoisotopic (exact) mass is 336 g/mol. The molecule has 0 saturated carbocycles. The van der Waals surface area contributed by atoms with E-state index in [1.54, 1.807) is 4.52 Å². The highest BCUT2D eigenvalue weighted by Crippen LogP contribution is 2.27. The Morgan fingerprint density at radius 2 is 2.00 bits per heavy atom. The van der Waals surface area contributed by atoms with Crippen LogP contribution < -0.4 is 0 Å². The molecule has 0 unspecified atom stereocenters. The molecule has 96 valence electrons. The molecule has 0 aliphatic rings. The molecule has 3 aromatic rings. The summed E-state index contributed by atoms with van der Waals surface area (Å²) in [6, 6.07) is 8.06. The summed E-state index contributed by atoms with van der Waals surface area (Å²) in [6.07, 6.45) is 0. The topological polar surface area (TPSA) is 43.1 Å². The highest BCUT2D eigenvalue weighted by molar-refractivity contribution is 9.10.